The van der Waals surface area contributed by atoms with Gasteiger partial charge >= 0.3 is 6.18 Å². The number of carbonyl (C=O) groups excluding carboxylic acids is 1. The van der Waals surface area contributed by atoms with Gasteiger partial charge in [-0.25, -0.2) is 14.4 Å². The lowest BCUT2D eigenvalue weighted by Gasteiger charge is -2.12. The van der Waals surface area contributed by atoms with Gasteiger partial charge in [0, 0.05) is 11.9 Å². The van der Waals surface area contributed by atoms with Crippen LogP contribution in [0.4, 0.5) is 29.2 Å². The molecule has 110 valence electrons. The highest BCUT2D eigenvalue weighted by molar-refractivity contribution is 5.95. The highest BCUT2D eigenvalue weighted by Gasteiger charge is 2.37. The van der Waals surface area contributed by atoms with Gasteiger partial charge < -0.3 is 5.32 Å². The zero-order chi connectivity index (χ0) is 15.6. The van der Waals surface area contributed by atoms with Gasteiger partial charge in [0.15, 0.2) is 11.5 Å². The predicted molar refractivity (Wildman–Crippen MR) is 66.7 cm³/mol. The van der Waals surface area contributed by atoms with Crippen molar-refractivity contribution in [2.75, 3.05) is 5.32 Å². The summed E-state index contributed by atoms with van der Waals surface area (Å²) >= 11 is 0. The van der Waals surface area contributed by atoms with Gasteiger partial charge in [-0.2, -0.15) is 13.2 Å². The molecule has 1 aromatic carbocycles. The molecule has 0 atom stereocenters. The molecule has 0 amide bonds. The molecule has 0 bridgehead atoms. The number of carbonyl (C=O) groups is 1. The number of hydrogen-bond acceptors (Lipinski definition) is 4. The molecule has 1 heterocycles. The van der Waals surface area contributed by atoms with E-state index < -0.39 is 29.0 Å². The Morgan fingerprint density at radius 2 is 2.00 bits per heavy atom. The summed E-state index contributed by atoms with van der Waals surface area (Å²) < 4.78 is 51.6. The Morgan fingerprint density at radius 3 is 2.57 bits per heavy atom. The third-order valence-electron chi connectivity index (χ3n) is 2.52. The normalized spacial score (nSPS) is 11.3. The summed E-state index contributed by atoms with van der Waals surface area (Å²) in [5, 5.41) is 2.45. The molecule has 0 fully saturated rings. The first-order valence-electron chi connectivity index (χ1n) is 5.75. The maximum Gasteiger partial charge on any atom is 0.434 e. The number of halogens is 4. The van der Waals surface area contributed by atoms with E-state index in [2.05, 4.69) is 15.3 Å². The number of nitrogens with one attached hydrogen (secondary N) is 1. The van der Waals surface area contributed by atoms with E-state index in [1.807, 2.05) is 0 Å². The Bertz CT molecular complexity index is 685. The van der Waals surface area contributed by atoms with E-state index in [0.717, 1.165) is 19.2 Å². The second-order valence-corrected chi connectivity index (χ2v) is 4.15. The number of anilines is 2. The van der Waals surface area contributed by atoms with Crippen molar-refractivity contribution in [2.24, 2.45) is 0 Å². The fourth-order valence-electron chi connectivity index (χ4n) is 1.61. The molecule has 0 saturated carbocycles. The number of aromatic nitrogens is 2. The second-order valence-electron chi connectivity index (χ2n) is 4.15. The van der Waals surface area contributed by atoms with E-state index in [1.165, 1.54) is 18.2 Å². The quantitative estimate of drug-likeness (QED) is 0.695. The Kier molecular flexibility index (Phi) is 3.88. The van der Waals surface area contributed by atoms with Crippen LogP contribution in [-0.2, 0) is 6.18 Å². The molecule has 0 aliphatic rings. The average molecular weight is 299 g/mol. The minimum absolute atomic E-state index is 0.193. The van der Waals surface area contributed by atoms with Crippen LogP contribution in [0.25, 0.3) is 0 Å². The molecule has 4 nitrogen and oxygen atoms in total. The van der Waals surface area contributed by atoms with Crippen molar-refractivity contribution in [3.8, 4) is 0 Å². The van der Waals surface area contributed by atoms with Gasteiger partial charge in [0.2, 0.25) is 5.95 Å². The highest BCUT2D eigenvalue weighted by Crippen LogP contribution is 2.31. The van der Waals surface area contributed by atoms with Crippen molar-refractivity contribution >= 4 is 17.4 Å². The van der Waals surface area contributed by atoms with Crippen LogP contribution < -0.4 is 5.32 Å². The third kappa shape index (κ3) is 3.53. The summed E-state index contributed by atoms with van der Waals surface area (Å²) in [5.41, 5.74) is -1.75. The van der Waals surface area contributed by atoms with Gasteiger partial charge in [0.1, 0.15) is 5.82 Å². The molecule has 0 spiro atoms. The number of nitrogens with zero attached hydrogens (tertiary/aromatic N) is 2. The van der Waals surface area contributed by atoms with Gasteiger partial charge in [0.25, 0.3) is 0 Å². The van der Waals surface area contributed by atoms with Crippen LogP contribution in [0.15, 0.2) is 30.5 Å². The summed E-state index contributed by atoms with van der Waals surface area (Å²) in [6, 6.07) is 5.09. The van der Waals surface area contributed by atoms with Gasteiger partial charge in [-0.3, -0.25) is 4.79 Å². The maximum absolute atomic E-state index is 13.0. The molecule has 0 unspecified atom stereocenters. The van der Waals surface area contributed by atoms with Gasteiger partial charge in [-0.15, -0.1) is 0 Å². The number of rotatable bonds is 3. The van der Waals surface area contributed by atoms with Crippen LogP contribution >= 0.6 is 0 Å². The summed E-state index contributed by atoms with van der Waals surface area (Å²) in [7, 11) is 0. The Hall–Kier alpha value is -2.51. The standard InChI is InChI=1S/C13H9F4N3O/c1-7(21)10-6-18-12(20-11(10)13(15,16)17)19-9-4-2-3-8(14)5-9/h2-6H,1H3,(H,18,19,20). The Morgan fingerprint density at radius 1 is 1.29 bits per heavy atom. The predicted octanol–water partition coefficient (Wildman–Crippen LogP) is 3.58. The van der Waals surface area contributed by atoms with Crippen LogP contribution in [0.5, 0.6) is 0 Å². The highest BCUT2D eigenvalue weighted by atomic mass is 19.4. The molecule has 0 aliphatic heterocycles. The van der Waals surface area contributed by atoms with Crippen molar-refractivity contribution in [3.63, 3.8) is 0 Å². The van der Waals surface area contributed by atoms with Crippen molar-refractivity contribution in [2.45, 2.75) is 13.1 Å². The van der Waals surface area contributed by atoms with Crippen LogP contribution in [0, 0.1) is 5.82 Å². The van der Waals surface area contributed by atoms with Crippen molar-refractivity contribution in [1.29, 1.82) is 0 Å². The van der Waals surface area contributed by atoms with Crippen LogP contribution in [-0.4, -0.2) is 15.8 Å². The summed E-state index contributed by atoms with van der Waals surface area (Å²) in [5.74, 6) is -1.73. The molecule has 21 heavy (non-hydrogen) atoms. The number of alkyl halides is 3. The Labute approximate surface area is 116 Å². The topological polar surface area (TPSA) is 54.9 Å². The first-order chi connectivity index (χ1) is 9.77. The van der Waals surface area contributed by atoms with Crippen LogP contribution in [0.2, 0.25) is 0 Å². The van der Waals surface area contributed by atoms with Crippen molar-refractivity contribution in [3.05, 3.63) is 47.5 Å². The van der Waals surface area contributed by atoms with Gasteiger partial charge in [0.05, 0.1) is 5.56 Å². The fourth-order valence-corrected chi connectivity index (χ4v) is 1.61. The number of hydrogen-bond donors (Lipinski definition) is 1. The van der Waals surface area contributed by atoms with Crippen molar-refractivity contribution < 1.29 is 22.4 Å². The molecule has 1 N–H and O–H groups in total. The number of Topliss-reactive ketones (excluding diaryl/α,β-unsaturated/α-hetero) is 1. The SMILES string of the molecule is CC(=O)c1cnc(Nc2cccc(F)c2)nc1C(F)(F)F. The van der Waals surface area contributed by atoms with Crippen LogP contribution in [0.1, 0.15) is 23.0 Å². The first kappa shape index (κ1) is 14.9. The zero-order valence-corrected chi connectivity index (χ0v) is 10.7. The average Bonchev–Trinajstić information content (AvgIpc) is 2.37. The summed E-state index contributed by atoms with van der Waals surface area (Å²) in [4.78, 5) is 18.1. The first-order valence-corrected chi connectivity index (χ1v) is 5.75. The van der Waals surface area contributed by atoms with Crippen LogP contribution in [0.3, 0.4) is 0 Å². The van der Waals surface area contributed by atoms with Gasteiger partial charge in [-0.05, 0) is 25.1 Å². The lowest BCUT2D eigenvalue weighted by Crippen LogP contribution is -2.16. The van der Waals surface area contributed by atoms with E-state index in [1.54, 1.807) is 0 Å². The molecule has 1 aromatic heterocycles. The Balaban J connectivity index is 2.40. The summed E-state index contributed by atoms with van der Waals surface area (Å²) in [6.45, 7) is 0.994. The van der Waals surface area contributed by atoms with E-state index in [4.69, 9.17) is 0 Å². The molecule has 0 aliphatic carbocycles. The second kappa shape index (κ2) is 5.47. The number of ketones is 1. The summed E-state index contributed by atoms with van der Waals surface area (Å²) in [6.07, 6.45) is -4.00. The minimum atomic E-state index is -4.79. The lowest BCUT2D eigenvalue weighted by molar-refractivity contribution is -0.141. The molecule has 2 aromatic rings. The molecule has 8 heteroatoms. The lowest BCUT2D eigenvalue weighted by atomic mass is 10.1. The van der Waals surface area contributed by atoms with E-state index in [9.17, 15) is 22.4 Å². The monoisotopic (exact) mass is 299 g/mol. The van der Waals surface area contributed by atoms with E-state index >= 15 is 0 Å². The van der Waals surface area contributed by atoms with Crippen molar-refractivity contribution in [1.82, 2.24) is 9.97 Å². The fraction of sp³-hybridized carbons (Fsp3) is 0.154. The smallest absolute Gasteiger partial charge is 0.324 e. The van der Waals surface area contributed by atoms with Gasteiger partial charge in [-0.1, -0.05) is 6.07 Å². The van der Waals surface area contributed by atoms with E-state index in [-0.39, 0.29) is 11.6 Å². The molecular weight excluding hydrogens is 290 g/mol. The largest absolute Gasteiger partial charge is 0.434 e. The molecular formula is C13H9F4N3O. The molecule has 0 saturated heterocycles. The molecule has 2 rings (SSSR count). The number of benzene rings is 1. The zero-order valence-electron chi connectivity index (χ0n) is 10.7. The third-order valence-corrected chi connectivity index (χ3v) is 2.52. The molecule has 0 radical (unpaired) electrons. The van der Waals surface area contributed by atoms with E-state index in [0.29, 0.717) is 0 Å². The minimum Gasteiger partial charge on any atom is -0.324 e. The maximum atomic E-state index is 13.0.